The highest BCUT2D eigenvalue weighted by Gasteiger charge is 2.41. The maximum absolute atomic E-state index is 13.3. The number of nitriles is 1. The van der Waals surface area contributed by atoms with Crippen molar-refractivity contribution in [3.8, 4) is 6.07 Å². The monoisotopic (exact) mass is 459 g/mol. The fraction of sp³-hybridized carbons (Fsp3) is 0.640. The molecule has 0 aromatic heterocycles. The molecular formula is C25H37N3O5. The topological polar surface area (TPSA) is 101 Å². The van der Waals surface area contributed by atoms with Gasteiger partial charge in [-0.1, -0.05) is 65.0 Å². The van der Waals surface area contributed by atoms with Gasteiger partial charge in [-0.3, -0.25) is 4.79 Å². The highest BCUT2D eigenvalue weighted by Crippen LogP contribution is 2.42. The number of carbonyl (C=O) groups is 2. The Bertz CT molecular complexity index is 838. The second kappa shape index (κ2) is 11.0. The summed E-state index contributed by atoms with van der Waals surface area (Å²) in [5.41, 5.74) is -1.20. The zero-order valence-electron chi connectivity index (χ0n) is 20.6. The first-order valence-corrected chi connectivity index (χ1v) is 11.3. The van der Waals surface area contributed by atoms with Crippen molar-refractivity contribution in [2.75, 3.05) is 26.3 Å². The second-order valence-electron chi connectivity index (χ2n) is 10.2. The van der Waals surface area contributed by atoms with Crippen molar-refractivity contribution >= 4 is 12.0 Å². The molecule has 0 bridgehead atoms. The van der Waals surface area contributed by atoms with Crippen LogP contribution in [0.25, 0.3) is 0 Å². The molecule has 8 heteroatoms. The zero-order valence-corrected chi connectivity index (χ0v) is 20.6. The lowest BCUT2D eigenvalue weighted by molar-refractivity contribution is -0.141. The van der Waals surface area contributed by atoms with Crippen LogP contribution in [0.2, 0.25) is 0 Å². The van der Waals surface area contributed by atoms with Crippen LogP contribution in [0.5, 0.6) is 0 Å². The van der Waals surface area contributed by atoms with Crippen LogP contribution in [0.15, 0.2) is 30.3 Å². The normalized spacial score (nSPS) is 17.4. The Kier molecular flexibility index (Phi) is 8.87. The molecule has 33 heavy (non-hydrogen) atoms. The molecule has 1 saturated heterocycles. The quantitative estimate of drug-likeness (QED) is 0.593. The minimum Gasteiger partial charge on any atom is -0.436 e. The molecule has 1 heterocycles. The summed E-state index contributed by atoms with van der Waals surface area (Å²) in [5, 5.41) is 12.4. The van der Waals surface area contributed by atoms with Crippen molar-refractivity contribution in [1.82, 2.24) is 10.2 Å². The van der Waals surface area contributed by atoms with Crippen molar-refractivity contribution in [3.05, 3.63) is 35.9 Å². The number of ether oxygens (including phenoxy) is 3. The Labute approximate surface area is 197 Å². The summed E-state index contributed by atoms with van der Waals surface area (Å²) >= 11 is 0. The highest BCUT2D eigenvalue weighted by atomic mass is 16.6. The third kappa shape index (κ3) is 7.72. The summed E-state index contributed by atoms with van der Waals surface area (Å²) in [6, 6.07) is 11.4. The number of carbonyl (C=O) groups excluding carboxylic acids is 2. The molecule has 0 radical (unpaired) electrons. The number of nitrogens with one attached hydrogen (secondary N) is 1. The fourth-order valence-electron chi connectivity index (χ4n) is 3.11. The Morgan fingerprint density at radius 3 is 2.27 bits per heavy atom. The predicted octanol–water partition coefficient (Wildman–Crippen LogP) is 3.86. The number of hydrogen-bond acceptors (Lipinski definition) is 6. The van der Waals surface area contributed by atoms with Gasteiger partial charge in [0, 0.05) is 13.1 Å². The van der Waals surface area contributed by atoms with Gasteiger partial charge in [0.2, 0.25) is 5.72 Å². The summed E-state index contributed by atoms with van der Waals surface area (Å²) in [4.78, 5) is 27.6. The smallest absolute Gasteiger partial charge is 0.410 e. The molecule has 2 rings (SSSR count). The van der Waals surface area contributed by atoms with Gasteiger partial charge in [0.25, 0.3) is 5.91 Å². The molecule has 0 spiro atoms. The van der Waals surface area contributed by atoms with E-state index in [1.54, 1.807) is 0 Å². The molecule has 2 unspecified atom stereocenters. The van der Waals surface area contributed by atoms with E-state index in [4.69, 9.17) is 14.2 Å². The standard InChI is InChI=1S/C25H37N3O5/c1-23(2,3)24(4,5)16-20(33-22(30)28-12-14-31-15-13-28)21(29)27-25(6,18-26)32-17-19-10-8-7-9-11-19/h7-11,20H,12-17H2,1-6H3,(H,27,29). The molecule has 182 valence electrons. The van der Waals surface area contributed by atoms with Crippen molar-refractivity contribution in [1.29, 1.82) is 5.26 Å². The Balaban J connectivity index is 2.16. The number of rotatable bonds is 8. The zero-order chi connectivity index (χ0) is 24.7. The molecule has 1 aromatic carbocycles. The lowest BCUT2D eigenvalue weighted by atomic mass is 9.66. The van der Waals surface area contributed by atoms with Crippen molar-refractivity contribution in [3.63, 3.8) is 0 Å². The van der Waals surface area contributed by atoms with E-state index in [0.29, 0.717) is 32.7 Å². The molecule has 0 aliphatic carbocycles. The Morgan fingerprint density at radius 2 is 1.73 bits per heavy atom. The third-order valence-electron chi connectivity index (χ3n) is 6.48. The number of hydrogen-bond donors (Lipinski definition) is 1. The van der Waals surface area contributed by atoms with E-state index >= 15 is 0 Å². The first kappa shape index (κ1) is 26.6. The van der Waals surface area contributed by atoms with Crippen molar-refractivity contribution in [2.45, 2.75) is 66.4 Å². The van der Waals surface area contributed by atoms with E-state index in [0.717, 1.165) is 5.56 Å². The van der Waals surface area contributed by atoms with E-state index in [2.05, 4.69) is 26.1 Å². The van der Waals surface area contributed by atoms with Gasteiger partial charge in [-0.05, 0) is 29.7 Å². The molecule has 1 fully saturated rings. The fourth-order valence-corrected chi connectivity index (χ4v) is 3.11. The van der Waals surface area contributed by atoms with Crippen molar-refractivity contribution in [2.24, 2.45) is 10.8 Å². The highest BCUT2D eigenvalue weighted by molar-refractivity contribution is 5.84. The third-order valence-corrected chi connectivity index (χ3v) is 6.48. The van der Waals surface area contributed by atoms with E-state index in [1.165, 1.54) is 11.8 Å². The first-order chi connectivity index (χ1) is 15.4. The minimum atomic E-state index is -1.58. The van der Waals surface area contributed by atoms with Crippen LogP contribution in [-0.2, 0) is 25.6 Å². The molecule has 1 aromatic rings. The second-order valence-corrected chi connectivity index (χ2v) is 10.2. The minimum absolute atomic E-state index is 0.150. The van der Waals surface area contributed by atoms with Crippen LogP contribution in [0.3, 0.4) is 0 Å². The average Bonchev–Trinajstić information content (AvgIpc) is 2.77. The summed E-state index contributed by atoms with van der Waals surface area (Å²) < 4.78 is 16.7. The van der Waals surface area contributed by atoms with E-state index < -0.39 is 23.8 Å². The lowest BCUT2D eigenvalue weighted by Gasteiger charge is -2.41. The summed E-state index contributed by atoms with van der Waals surface area (Å²) in [7, 11) is 0. The number of benzene rings is 1. The average molecular weight is 460 g/mol. The molecule has 1 N–H and O–H groups in total. The SMILES string of the molecule is CC(C#N)(NC(=O)C(CC(C)(C)C(C)(C)C)OC(=O)N1CCOCC1)OCc1ccccc1. The summed E-state index contributed by atoms with van der Waals surface area (Å²) in [5.74, 6) is -0.564. The van der Waals surface area contributed by atoms with Gasteiger partial charge in [0.1, 0.15) is 6.07 Å². The predicted molar refractivity (Wildman–Crippen MR) is 124 cm³/mol. The molecule has 2 atom stereocenters. The van der Waals surface area contributed by atoms with Crippen molar-refractivity contribution < 1.29 is 23.8 Å². The lowest BCUT2D eigenvalue weighted by Crippen LogP contribution is -2.54. The number of nitrogens with zero attached hydrogens (tertiary/aromatic N) is 2. The molecule has 0 saturated carbocycles. The Morgan fingerprint density at radius 1 is 1.12 bits per heavy atom. The number of morpholine rings is 1. The number of amides is 2. The van der Waals surface area contributed by atoms with Crippen LogP contribution in [0.4, 0.5) is 4.79 Å². The Hall–Kier alpha value is -2.63. The van der Waals surface area contributed by atoms with Crippen LogP contribution < -0.4 is 5.32 Å². The largest absolute Gasteiger partial charge is 0.436 e. The molecular weight excluding hydrogens is 422 g/mol. The van der Waals surface area contributed by atoms with Gasteiger partial charge in [-0.25, -0.2) is 4.79 Å². The molecule has 1 aliphatic rings. The van der Waals surface area contributed by atoms with E-state index in [-0.39, 0.29) is 17.4 Å². The van der Waals surface area contributed by atoms with E-state index in [9.17, 15) is 14.9 Å². The van der Waals surface area contributed by atoms with Gasteiger partial charge < -0.3 is 24.4 Å². The van der Waals surface area contributed by atoms with Crippen LogP contribution in [-0.4, -0.2) is 55.0 Å². The van der Waals surface area contributed by atoms with E-state index in [1.807, 2.05) is 50.2 Å². The molecule has 8 nitrogen and oxygen atoms in total. The van der Waals surface area contributed by atoms with Gasteiger partial charge in [-0.2, -0.15) is 5.26 Å². The van der Waals surface area contributed by atoms with Gasteiger partial charge in [0.05, 0.1) is 19.8 Å². The maximum atomic E-state index is 13.3. The summed E-state index contributed by atoms with van der Waals surface area (Å²) in [6.45, 7) is 13.6. The maximum Gasteiger partial charge on any atom is 0.410 e. The first-order valence-electron chi connectivity index (χ1n) is 11.3. The van der Waals surface area contributed by atoms with Gasteiger partial charge >= 0.3 is 6.09 Å². The van der Waals surface area contributed by atoms with Gasteiger partial charge in [-0.15, -0.1) is 0 Å². The van der Waals surface area contributed by atoms with Crippen LogP contribution in [0.1, 0.15) is 53.5 Å². The molecule has 1 aliphatic heterocycles. The molecule has 2 amide bonds. The summed E-state index contributed by atoms with van der Waals surface area (Å²) in [6.07, 6.45) is -1.35. The van der Waals surface area contributed by atoms with Gasteiger partial charge in [0.15, 0.2) is 6.10 Å². The van der Waals surface area contributed by atoms with Crippen LogP contribution in [0, 0.1) is 22.2 Å². The van der Waals surface area contributed by atoms with Crippen LogP contribution >= 0.6 is 0 Å².